The second kappa shape index (κ2) is 6.30. The molecule has 1 saturated carbocycles. The van der Waals surface area contributed by atoms with Crippen LogP contribution in [0.2, 0.25) is 0 Å². The number of nitrogens with one attached hydrogen (secondary N) is 1. The van der Waals surface area contributed by atoms with Gasteiger partial charge in [-0.05, 0) is 36.6 Å². The Morgan fingerprint density at radius 1 is 1.40 bits per heavy atom. The number of sulfonamides is 1. The maximum Gasteiger partial charge on any atom is 0.295 e. The number of nitro groups is 1. The number of nitrogens with zero attached hydrogens (tertiary/aromatic N) is 2. The Bertz CT molecular complexity index is 951. The van der Waals surface area contributed by atoms with Gasteiger partial charge in [-0.25, -0.2) is 13.6 Å². The average Bonchev–Trinajstić information content (AvgIpc) is 3.07. The lowest BCUT2D eigenvalue weighted by molar-refractivity contribution is -0.384. The lowest BCUT2D eigenvalue weighted by Gasteiger charge is -2.04. The van der Waals surface area contributed by atoms with Crippen molar-refractivity contribution in [2.45, 2.75) is 24.2 Å². The first-order chi connectivity index (χ1) is 11.8. The molecule has 0 saturated heterocycles. The molecule has 9 nitrogen and oxygen atoms in total. The van der Waals surface area contributed by atoms with Crippen molar-refractivity contribution in [3.05, 3.63) is 52.0 Å². The van der Waals surface area contributed by atoms with Crippen molar-refractivity contribution in [1.82, 2.24) is 0 Å². The molecular formula is C15H16N4O5S. The van der Waals surface area contributed by atoms with E-state index in [9.17, 15) is 18.5 Å². The number of hydrogen-bond donors (Lipinski definition) is 2. The molecular weight excluding hydrogens is 348 g/mol. The Morgan fingerprint density at radius 2 is 2.12 bits per heavy atom. The highest BCUT2D eigenvalue weighted by Crippen LogP contribution is 2.47. The third-order valence-corrected chi connectivity index (χ3v) is 4.90. The number of anilines is 1. The minimum Gasteiger partial charge on any atom is -0.460 e. The molecule has 2 aromatic rings. The molecule has 132 valence electrons. The Morgan fingerprint density at radius 3 is 2.72 bits per heavy atom. The lowest BCUT2D eigenvalue weighted by Crippen LogP contribution is -2.12. The molecule has 10 heteroatoms. The fraction of sp³-hybridized carbons (Fsp3) is 0.267. The predicted octanol–water partition coefficient (Wildman–Crippen LogP) is 2.40. The van der Waals surface area contributed by atoms with Crippen LogP contribution in [0.1, 0.15) is 30.8 Å². The highest BCUT2D eigenvalue weighted by Gasteiger charge is 2.36. The molecule has 1 aromatic carbocycles. The normalized spacial score (nSPS) is 19.9. The summed E-state index contributed by atoms with van der Waals surface area (Å²) >= 11 is 0. The van der Waals surface area contributed by atoms with Gasteiger partial charge in [0.05, 0.1) is 16.0 Å². The summed E-state index contributed by atoms with van der Waals surface area (Å²) in [6, 6.07) is 6.93. The number of nitro benzene ring substituents is 1. The molecule has 1 aromatic heterocycles. The number of benzene rings is 1. The maximum absolute atomic E-state index is 11.3. The summed E-state index contributed by atoms with van der Waals surface area (Å²) in [5, 5.41) is 20.0. The SMILES string of the molecule is C[C@H]1C[C@H]1c1ccc(/C=N\Nc2ccc(S(N)(=O)=O)cc2[N+](=O)[O-])o1. The van der Waals surface area contributed by atoms with E-state index >= 15 is 0 Å². The van der Waals surface area contributed by atoms with Crippen LogP contribution in [-0.2, 0) is 10.0 Å². The number of nitrogens with two attached hydrogens (primary N) is 1. The van der Waals surface area contributed by atoms with Crippen molar-refractivity contribution >= 4 is 27.6 Å². The van der Waals surface area contributed by atoms with Crippen molar-refractivity contribution in [3.63, 3.8) is 0 Å². The molecule has 1 fully saturated rings. The van der Waals surface area contributed by atoms with Gasteiger partial charge in [-0.2, -0.15) is 5.10 Å². The Balaban J connectivity index is 1.76. The Kier molecular flexibility index (Phi) is 4.31. The highest BCUT2D eigenvalue weighted by molar-refractivity contribution is 7.89. The topological polar surface area (TPSA) is 141 Å². The summed E-state index contributed by atoms with van der Waals surface area (Å²) in [7, 11) is -4.03. The van der Waals surface area contributed by atoms with E-state index in [0.717, 1.165) is 18.2 Å². The van der Waals surface area contributed by atoms with E-state index in [0.29, 0.717) is 17.6 Å². The van der Waals surface area contributed by atoms with Crippen LogP contribution in [-0.4, -0.2) is 19.6 Å². The van der Waals surface area contributed by atoms with Crippen LogP contribution in [0.3, 0.4) is 0 Å². The Labute approximate surface area is 143 Å². The van der Waals surface area contributed by atoms with Gasteiger partial charge in [0.15, 0.2) is 0 Å². The van der Waals surface area contributed by atoms with Crippen LogP contribution >= 0.6 is 0 Å². The van der Waals surface area contributed by atoms with Gasteiger partial charge >= 0.3 is 0 Å². The summed E-state index contributed by atoms with van der Waals surface area (Å²) < 4.78 is 28.2. The number of furan rings is 1. The first-order valence-corrected chi connectivity index (χ1v) is 9.00. The van der Waals surface area contributed by atoms with E-state index in [2.05, 4.69) is 17.5 Å². The van der Waals surface area contributed by atoms with Gasteiger partial charge in [0.2, 0.25) is 10.0 Å². The fourth-order valence-electron chi connectivity index (χ4n) is 2.46. The van der Waals surface area contributed by atoms with Gasteiger partial charge in [0.1, 0.15) is 17.2 Å². The number of primary sulfonamides is 1. The molecule has 0 bridgehead atoms. The van der Waals surface area contributed by atoms with Gasteiger partial charge < -0.3 is 4.42 Å². The van der Waals surface area contributed by atoms with Crippen molar-refractivity contribution in [3.8, 4) is 0 Å². The fourth-order valence-corrected chi connectivity index (χ4v) is 2.99. The molecule has 1 heterocycles. The quantitative estimate of drug-likeness (QED) is 0.458. The number of rotatable bonds is 6. The van der Waals surface area contributed by atoms with E-state index in [4.69, 9.17) is 9.56 Å². The van der Waals surface area contributed by atoms with E-state index in [-0.39, 0.29) is 10.6 Å². The van der Waals surface area contributed by atoms with Gasteiger partial charge in [-0.15, -0.1) is 0 Å². The van der Waals surface area contributed by atoms with Crippen LogP contribution in [0, 0.1) is 16.0 Å². The van der Waals surface area contributed by atoms with Gasteiger partial charge in [-0.3, -0.25) is 15.5 Å². The molecule has 1 aliphatic rings. The molecule has 0 amide bonds. The smallest absolute Gasteiger partial charge is 0.295 e. The standard InChI is InChI=1S/C15H16N4O5S/c1-9-6-12(9)15-5-2-10(24-15)8-17-18-13-4-3-11(25(16,22)23)7-14(13)19(20)21/h2-5,7-9,12,18H,6H2,1H3,(H2,16,22,23)/b17-8-/t9-,12+/m0/s1. The van der Waals surface area contributed by atoms with E-state index < -0.39 is 20.6 Å². The second-order valence-electron chi connectivity index (χ2n) is 5.91. The third kappa shape index (κ3) is 3.86. The molecule has 0 radical (unpaired) electrons. The van der Waals surface area contributed by atoms with Crippen molar-refractivity contribution < 1.29 is 17.8 Å². The minimum atomic E-state index is -4.03. The van der Waals surface area contributed by atoms with Gasteiger partial charge in [-0.1, -0.05) is 6.92 Å². The summed E-state index contributed by atoms with van der Waals surface area (Å²) in [4.78, 5) is 10.0. The zero-order valence-corrected chi connectivity index (χ0v) is 14.1. The lowest BCUT2D eigenvalue weighted by atomic mass is 10.3. The molecule has 0 spiro atoms. The van der Waals surface area contributed by atoms with Crippen molar-refractivity contribution in [2.24, 2.45) is 16.2 Å². The van der Waals surface area contributed by atoms with E-state index in [1.807, 2.05) is 6.07 Å². The predicted molar refractivity (Wildman–Crippen MR) is 90.9 cm³/mol. The zero-order valence-electron chi connectivity index (χ0n) is 13.2. The summed E-state index contributed by atoms with van der Waals surface area (Å²) in [6.07, 6.45) is 2.50. The summed E-state index contributed by atoms with van der Waals surface area (Å²) in [5.74, 6) is 2.49. The van der Waals surface area contributed by atoms with Gasteiger partial charge in [0.25, 0.3) is 5.69 Å². The highest BCUT2D eigenvalue weighted by atomic mass is 32.2. The monoisotopic (exact) mass is 364 g/mol. The van der Waals surface area contributed by atoms with Crippen LogP contribution < -0.4 is 10.6 Å². The zero-order chi connectivity index (χ0) is 18.2. The summed E-state index contributed by atoms with van der Waals surface area (Å²) in [5.41, 5.74) is 2.11. The molecule has 3 rings (SSSR count). The maximum atomic E-state index is 11.3. The average molecular weight is 364 g/mol. The number of hydrazone groups is 1. The molecule has 0 aliphatic heterocycles. The first-order valence-electron chi connectivity index (χ1n) is 7.46. The Hall–Kier alpha value is -2.72. The largest absolute Gasteiger partial charge is 0.460 e. The van der Waals surface area contributed by atoms with Crippen molar-refractivity contribution in [2.75, 3.05) is 5.43 Å². The first kappa shape index (κ1) is 17.1. The second-order valence-corrected chi connectivity index (χ2v) is 7.47. The molecule has 0 unspecified atom stereocenters. The summed E-state index contributed by atoms with van der Waals surface area (Å²) in [6.45, 7) is 2.15. The van der Waals surface area contributed by atoms with Crippen LogP contribution in [0.15, 0.2) is 44.7 Å². The van der Waals surface area contributed by atoms with Crippen LogP contribution in [0.4, 0.5) is 11.4 Å². The van der Waals surface area contributed by atoms with E-state index in [1.165, 1.54) is 18.3 Å². The van der Waals surface area contributed by atoms with Crippen molar-refractivity contribution in [1.29, 1.82) is 0 Å². The molecule has 2 atom stereocenters. The molecule has 25 heavy (non-hydrogen) atoms. The van der Waals surface area contributed by atoms with Crippen LogP contribution in [0.25, 0.3) is 0 Å². The number of hydrogen-bond acceptors (Lipinski definition) is 7. The molecule has 3 N–H and O–H groups in total. The minimum absolute atomic E-state index is 0.0382. The van der Waals surface area contributed by atoms with Gasteiger partial charge in [0, 0.05) is 12.0 Å². The third-order valence-electron chi connectivity index (χ3n) is 3.99. The molecule has 1 aliphatic carbocycles. The van der Waals surface area contributed by atoms with Crippen LogP contribution in [0.5, 0.6) is 0 Å². The van der Waals surface area contributed by atoms with E-state index in [1.54, 1.807) is 6.07 Å².